The molecule has 24 heavy (non-hydrogen) atoms. The third-order valence-electron chi connectivity index (χ3n) is 3.50. The molecule has 0 aliphatic heterocycles. The van der Waals surface area contributed by atoms with Gasteiger partial charge in [-0.3, -0.25) is 4.79 Å². The number of para-hydroxylation sites is 2. The predicted octanol–water partition coefficient (Wildman–Crippen LogP) is 4.29. The van der Waals surface area contributed by atoms with Gasteiger partial charge in [0.05, 0.1) is 5.56 Å². The first kappa shape index (κ1) is 16.6. The minimum atomic E-state index is -4.56. The van der Waals surface area contributed by atoms with Gasteiger partial charge in [0, 0.05) is 19.2 Å². The number of halogens is 4. The van der Waals surface area contributed by atoms with Crippen LogP contribution in [0.25, 0.3) is 11.1 Å². The highest BCUT2D eigenvalue weighted by atomic mass is 35.5. The molecule has 2 aromatic heterocycles. The van der Waals surface area contributed by atoms with E-state index in [1.807, 2.05) is 12.1 Å². The van der Waals surface area contributed by atoms with Crippen LogP contribution in [0.5, 0.6) is 0 Å². The topological polar surface area (TPSA) is 48.0 Å². The van der Waals surface area contributed by atoms with E-state index in [1.54, 1.807) is 12.1 Å². The Kier molecular flexibility index (Phi) is 4.36. The first-order chi connectivity index (χ1) is 11.3. The normalized spacial score (nSPS) is 12.0. The van der Waals surface area contributed by atoms with Crippen LogP contribution >= 0.6 is 11.6 Å². The van der Waals surface area contributed by atoms with E-state index in [2.05, 4.69) is 4.98 Å². The van der Waals surface area contributed by atoms with E-state index >= 15 is 0 Å². The largest absolute Gasteiger partial charge is 0.441 e. The molecule has 0 unspecified atom stereocenters. The van der Waals surface area contributed by atoms with E-state index in [1.165, 1.54) is 0 Å². The molecule has 0 spiro atoms. The monoisotopic (exact) mass is 356 g/mol. The molecule has 8 heteroatoms. The molecule has 0 bridgehead atoms. The molecule has 0 saturated heterocycles. The fraction of sp³-hybridized carbons (Fsp3) is 0.250. The van der Waals surface area contributed by atoms with Crippen LogP contribution in [0.15, 0.2) is 45.7 Å². The molecule has 4 nitrogen and oxygen atoms in total. The van der Waals surface area contributed by atoms with Crippen LogP contribution < -0.4 is 5.56 Å². The van der Waals surface area contributed by atoms with Gasteiger partial charge in [-0.2, -0.15) is 13.2 Å². The van der Waals surface area contributed by atoms with Crippen LogP contribution in [0.2, 0.25) is 5.02 Å². The fourth-order valence-corrected chi connectivity index (χ4v) is 2.57. The Bertz CT molecular complexity index is 898. The lowest BCUT2D eigenvalue weighted by atomic mass is 10.2. The number of aromatic nitrogens is 2. The Morgan fingerprint density at radius 3 is 2.71 bits per heavy atom. The second kappa shape index (κ2) is 6.32. The fourth-order valence-electron chi connectivity index (χ4n) is 2.35. The number of hydrogen-bond acceptors (Lipinski definition) is 3. The highest BCUT2D eigenvalue weighted by molar-refractivity contribution is 6.30. The van der Waals surface area contributed by atoms with Gasteiger partial charge in [-0.05, 0) is 24.6 Å². The standard InChI is InChI=1S/C16H12ClF3N2O2/c17-11-8-10(16(18,19)20)9-22(15(11)23)7-3-6-14-21-12-4-1-2-5-13(12)24-14/h1-2,4-5,8-9H,3,6-7H2. The van der Waals surface area contributed by atoms with Crippen LogP contribution in [0, 0.1) is 0 Å². The highest BCUT2D eigenvalue weighted by Crippen LogP contribution is 2.29. The summed E-state index contributed by atoms with van der Waals surface area (Å²) in [4.78, 5) is 16.1. The minimum absolute atomic E-state index is 0.0845. The molecule has 1 aromatic carbocycles. The Balaban J connectivity index is 1.74. The summed E-state index contributed by atoms with van der Waals surface area (Å²) >= 11 is 5.61. The van der Waals surface area contributed by atoms with Crippen LogP contribution in [0.1, 0.15) is 17.9 Å². The van der Waals surface area contributed by atoms with Gasteiger partial charge >= 0.3 is 6.18 Å². The average molecular weight is 357 g/mol. The second-order valence-corrected chi connectivity index (χ2v) is 5.66. The predicted molar refractivity (Wildman–Crippen MR) is 83.0 cm³/mol. The van der Waals surface area contributed by atoms with Crippen molar-refractivity contribution >= 4 is 22.7 Å². The number of rotatable bonds is 4. The second-order valence-electron chi connectivity index (χ2n) is 5.25. The number of hydrogen-bond donors (Lipinski definition) is 0. The first-order valence-electron chi connectivity index (χ1n) is 7.16. The molecule has 0 N–H and O–H groups in total. The molecule has 0 radical (unpaired) electrons. The summed E-state index contributed by atoms with van der Waals surface area (Å²) < 4.78 is 44.9. The van der Waals surface area contributed by atoms with E-state index in [9.17, 15) is 18.0 Å². The van der Waals surface area contributed by atoms with E-state index in [0.717, 1.165) is 10.8 Å². The summed E-state index contributed by atoms with van der Waals surface area (Å²) in [7, 11) is 0. The summed E-state index contributed by atoms with van der Waals surface area (Å²) in [5, 5.41) is -0.452. The summed E-state index contributed by atoms with van der Waals surface area (Å²) in [5.74, 6) is 0.474. The Morgan fingerprint density at radius 1 is 1.25 bits per heavy atom. The van der Waals surface area contributed by atoms with Gasteiger partial charge in [0.25, 0.3) is 5.56 Å². The SMILES string of the molecule is O=c1c(Cl)cc(C(F)(F)F)cn1CCCc1nc2ccccc2o1. The molecule has 3 rings (SSSR count). The number of oxazole rings is 1. The van der Waals surface area contributed by atoms with E-state index in [4.69, 9.17) is 16.0 Å². The molecule has 0 amide bonds. The van der Waals surface area contributed by atoms with Crippen molar-refractivity contribution < 1.29 is 17.6 Å². The Labute approximate surface area is 139 Å². The van der Waals surface area contributed by atoms with Crippen LogP contribution in [-0.4, -0.2) is 9.55 Å². The summed E-state index contributed by atoms with van der Waals surface area (Å²) in [6.07, 6.45) is -2.99. The molecule has 0 aliphatic rings. The number of fused-ring (bicyclic) bond motifs is 1. The van der Waals surface area contributed by atoms with Gasteiger partial charge in [0.2, 0.25) is 0 Å². The summed E-state index contributed by atoms with van der Waals surface area (Å²) in [6.45, 7) is 0.0845. The number of nitrogens with zero attached hydrogens (tertiary/aromatic N) is 2. The smallest absolute Gasteiger partial charge is 0.417 e. The molecule has 2 heterocycles. The number of aryl methyl sites for hydroxylation is 2. The summed E-state index contributed by atoms with van der Waals surface area (Å²) in [5.41, 5.74) is -0.241. The molecule has 0 saturated carbocycles. The molecular formula is C16H12ClF3N2O2. The first-order valence-corrected chi connectivity index (χ1v) is 7.54. The minimum Gasteiger partial charge on any atom is -0.441 e. The molecule has 0 aliphatic carbocycles. The zero-order valence-corrected chi connectivity index (χ0v) is 13.1. The van der Waals surface area contributed by atoms with Crippen molar-refractivity contribution in [2.24, 2.45) is 0 Å². The van der Waals surface area contributed by atoms with Crippen LogP contribution in [0.3, 0.4) is 0 Å². The maximum absolute atomic E-state index is 12.8. The van der Waals surface area contributed by atoms with Crippen molar-refractivity contribution in [3.63, 3.8) is 0 Å². The molecule has 126 valence electrons. The van der Waals surface area contributed by atoms with Crippen molar-refractivity contribution in [1.29, 1.82) is 0 Å². The van der Waals surface area contributed by atoms with Gasteiger partial charge in [-0.25, -0.2) is 4.98 Å². The Hall–Kier alpha value is -2.28. The number of alkyl halides is 3. The van der Waals surface area contributed by atoms with Crippen molar-refractivity contribution in [3.05, 3.63) is 63.4 Å². The number of benzene rings is 1. The highest BCUT2D eigenvalue weighted by Gasteiger charge is 2.32. The lowest BCUT2D eigenvalue weighted by molar-refractivity contribution is -0.138. The molecule has 0 fully saturated rings. The van der Waals surface area contributed by atoms with Gasteiger partial charge in [-0.1, -0.05) is 23.7 Å². The maximum Gasteiger partial charge on any atom is 0.417 e. The average Bonchev–Trinajstić information content (AvgIpc) is 2.93. The molecule has 3 aromatic rings. The van der Waals surface area contributed by atoms with Crippen molar-refractivity contribution in [2.75, 3.05) is 0 Å². The summed E-state index contributed by atoms with van der Waals surface area (Å²) in [6, 6.07) is 7.88. The zero-order valence-electron chi connectivity index (χ0n) is 12.3. The zero-order chi connectivity index (χ0) is 17.3. The van der Waals surface area contributed by atoms with Crippen LogP contribution in [0.4, 0.5) is 13.2 Å². The van der Waals surface area contributed by atoms with E-state index < -0.39 is 22.3 Å². The Morgan fingerprint density at radius 2 is 2.00 bits per heavy atom. The van der Waals surface area contributed by atoms with Gasteiger partial charge < -0.3 is 8.98 Å². The lowest BCUT2D eigenvalue weighted by Gasteiger charge is -2.11. The number of pyridine rings is 1. The van der Waals surface area contributed by atoms with Crippen molar-refractivity contribution in [3.8, 4) is 0 Å². The van der Waals surface area contributed by atoms with Gasteiger partial charge in [0.1, 0.15) is 10.5 Å². The molecule has 0 atom stereocenters. The van der Waals surface area contributed by atoms with E-state index in [-0.39, 0.29) is 6.54 Å². The van der Waals surface area contributed by atoms with Gasteiger partial charge in [-0.15, -0.1) is 0 Å². The van der Waals surface area contributed by atoms with Crippen LogP contribution in [-0.2, 0) is 19.1 Å². The quantitative estimate of drug-likeness (QED) is 0.700. The maximum atomic E-state index is 12.8. The van der Waals surface area contributed by atoms with Crippen molar-refractivity contribution in [2.45, 2.75) is 25.6 Å². The van der Waals surface area contributed by atoms with E-state index in [0.29, 0.717) is 35.9 Å². The van der Waals surface area contributed by atoms with Crippen molar-refractivity contribution in [1.82, 2.24) is 9.55 Å². The third kappa shape index (κ3) is 3.46. The lowest BCUT2D eigenvalue weighted by Crippen LogP contribution is -2.23. The van der Waals surface area contributed by atoms with Gasteiger partial charge in [0.15, 0.2) is 11.5 Å². The third-order valence-corrected chi connectivity index (χ3v) is 3.77. The molecular weight excluding hydrogens is 345 g/mol.